The second-order valence-corrected chi connectivity index (χ2v) is 7.79. The van der Waals surface area contributed by atoms with Gasteiger partial charge in [0.2, 0.25) is 0 Å². The number of nitrogens with zero attached hydrogens (tertiary/aromatic N) is 4. The number of benzene rings is 2. The number of H-pyrrole nitrogens is 2. The summed E-state index contributed by atoms with van der Waals surface area (Å²) < 4.78 is 28.3. The number of nitrogens with one attached hydrogen (secondary N) is 2. The molecule has 6 aromatic rings. The molecular formula is C25H16F2N6. The number of hydrogen-bond acceptors (Lipinski definition) is 4. The molecule has 0 spiro atoms. The predicted octanol–water partition coefficient (Wildman–Crippen LogP) is 5.82. The van der Waals surface area contributed by atoms with Crippen molar-refractivity contribution in [2.24, 2.45) is 0 Å². The Kier molecular flexibility index (Phi) is 4.26. The highest BCUT2D eigenvalue weighted by atomic mass is 19.1. The molecule has 8 heteroatoms. The van der Waals surface area contributed by atoms with E-state index in [1.54, 1.807) is 36.8 Å². The van der Waals surface area contributed by atoms with Gasteiger partial charge in [-0.2, -0.15) is 5.10 Å². The van der Waals surface area contributed by atoms with Gasteiger partial charge in [0.25, 0.3) is 0 Å². The molecule has 0 bridgehead atoms. The minimum absolute atomic E-state index is 0.302. The van der Waals surface area contributed by atoms with Crippen LogP contribution in [-0.4, -0.2) is 30.1 Å². The normalized spacial score (nSPS) is 11.5. The molecule has 0 saturated heterocycles. The molecule has 4 heterocycles. The molecular weight excluding hydrogens is 422 g/mol. The van der Waals surface area contributed by atoms with E-state index in [-0.39, 0.29) is 11.6 Å². The highest BCUT2D eigenvalue weighted by molar-refractivity contribution is 5.97. The minimum atomic E-state index is -0.362. The number of pyridine rings is 2. The molecule has 0 fully saturated rings. The van der Waals surface area contributed by atoms with Crippen LogP contribution < -0.4 is 0 Å². The van der Waals surface area contributed by atoms with Gasteiger partial charge in [-0.05, 0) is 48.4 Å². The van der Waals surface area contributed by atoms with E-state index in [2.05, 4.69) is 30.1 Å². The van der Waals surface area contributed by atoms with Crippen molar-refractivity contribution < 1.29 is 8.78 Å². The maximum Gasteiger partial charge on any atom is 0.178 e. The van der Waals surface area contributed by atoms with Crippen molar-refractivity contribution in [3.8, 4) is 33.8 Å². The molecule has 33 heavy (non-hydrogen) atoms. The number of halogens is 2. The second-order valence-electron chi connectivity index (χ2n) is 7.79. The fourth-order valence-electron chi connectivity index (χ4n) is 4.06. The molecule has 4 aromatic heterocycles. The molecule has 6 rings (SSSR count). The highest BCUT2D eigenvalue weighted by Gasteiger charge is 2.18. The van der Waals surface area contributed by atoms with Gasteiger partial charge in [-0.15, -0.1) is 0 Å². The molecule has 0 aliphatic rings. The van der Waals surface area contributed by atoms with Crippen LogP contribution in [0.15, 0.2) is 67.1 Å². The lowest BCUT2D eigenvalue weighted by Crippen LogP contribution is -1.90. The topological polar surface area (TPSA) is 83.1 Å². The Balaban J connectivity index is 1.53. The lowest BCUT2D eigenvalue weighted by atomic mass is 10.00. The highest BCUT2D eigenvalue weighted by Crippen LogP contribution is 2.34. The van der Waals surface area contributed by atoms with Crippen molar-refractivity contribution >= 4 is 22.1 Å². The van der Waals surface area contributed by atoms with Crippen molar-refractivity contribution in [2.45, 2.75) is 6.92 Å². The summed E-state index contributed by atoms with van der Waals surface area (Å²) in [6, 6.07) is 13.1. The van der Waals surface area contributed by atoms with Crippen molar-refractivity contribution in [3.63, 3.8) is 0 Å². The molecule has 0 radical (unpaired) electrons. The molecule has 0 amide bonds. The van der Waals surface area contributed by atoms with Crippen LogP contribution in [-0.2, 0) is 0 Å². The van der Waals surface area contributed by atoms with Gasteiger partial charge in [0, 0.05) is 46.7 Å². The lowest BCUT2D eigenvalue weighted by Gasteiger charge is -2.07. The Bertz CT molecular complexity index is 1650. The van der Waals surface area contributed by atoms with E-state index in [9.17, 15) is 8.78 Å². The molecule has 0 atom stereocenters. The first kappa shape index (κ1) is 19.2. The molecule has 0 aliphatic heterocycles. The van der Waals surface area contributed by atoms with Crippen LogP contribution in [0.25, 0.3) is 55.8 Å². The zero-order valence-corrected chi connectivity index (χ0v) is 17.4. The molecule has 160 valence electrons. The summed E-state index contributed by atoms with van der Waals surface area (Å²) in [5.41, 5.74) is 6.08. The Morgan fingerprint density at radius 2 is 1.73 bits per heavy atom. The summed E-state index contributed by atoms with van der Waals surface area (Å²) in [5.74, 6) is -0.165. The summed E-state index contributed by atoms with van der Waals surface area (Å²) in [4.78, 5) is 16.4. The van der Waals surface area contributed by atoms with Gasteiger partial charge in [0.05, 0.1) is 11.0 Å². The lowest BCUT2D eigenvalue weighted by molar-refractivity contribution is 0.628. The zero-order chi connectivity index (χ0) is 22.5. The van der Waals surface area contributed by atoms with Crippen LogP contribution >= 0.6 is 0 Å². The summed E-state index contributed by atoms with van der Waals surface area (Å²) >= 11 is 0. The zero-order valence-electron chi connectivity index (χ0n) is 17.4. The number of aromatic amines is 2. The Labute approximate surface area is 186 Å². The molecule has 2 N–H and O–H groups in total. The van der Waals surface area contributed by atoms with Gasteiger partial charge in [-0.1, -0.05) is 12.1 Å². The first-order chi connectivity index (χ1) is 16.1. The standard InChI is InChI=1S/C25H16F2N6/c1-13-6-8-28-12-19(13)17-10-18-21(11-20(17)27)32-33-23(18)25-30-22-16(7-9-29-24(22)31-25)14-2-4-15(26)5-3-14/h2-12H,1H3,(H,32,33)(H,29,30,31). The van der Waals surface area contributed by atoms with Crippen LogP contribution in [0.4, 0.5) is 8.78 Å². The smallest absolute Gasteiger partial charge is 0.178 e. The van der Waals surface area contributed by atoms with E-state index >= 15 is 0 Å². The minimum Gasteiger partial charge on any atom is -0.335 e. The van der Waals surface area contributed by atoms with Gasteiger partial charge in [-0.3, -0.25) is 10.1 Å². The maximum absolute atomic E-state index is 14.9. The van der Waals surface area contributed by atoms with E-state index in [0.29, 0.717) is 39.3 Å². The van der Waals surface area contributed by atoms with Gasteiger partial charge in [-0.25, -0.2) is 18.7 Å². The van der Waals surface area contributed by atoms with Crippen molar-refractivity contribution in [1.29, 1.82) is 0 Å². The predicted molar refractivity (Wildman–Crippen MR) is 122 cm³/mol. The number of fused-ring (bicyclic) bond motifs is 2. The Morgan fingerprint density at radius 1 is 0.879 bits per heavy atom. The SMILES string of the molecule is Cc1ccncc1-c1cc2c(-c3nc4nccc(-c5ccc(F)cc5)c4[nH]3)n[nH]c2cc1F. The first-order valence-electron chi connectivity index (χ1n) is 10.3. The fourth-order valence-corrected chi connectivity index (χ4v) is 4.06. The van der Waals surface area contributed by atoms with Crippen molar-refractivity contribution in [3.05, 3.63) is 84.3 Å². The Hall–Kier alpha value is -4.46. The van der Waals surface area contributed by atoms with Crippen LogP contribution in [0, 0.1) is 18.6 Å². The van der Waals surface area contributed by atoms with E-state index in [1.807, 2.05) is 19.1 Å². The number of hydrogen-bond donors (Lipinski definition) is 2. The molecule has 0 aliphatic carbocycles. The van der Waals surface area contributed by atoms with Gasteiger partial charge in [0.15, 0.2) is 11.5 Å². The number of imidazole rings is 1. The van der Waals surface area contributed by atoms with E-state index < -0.39 is 0 Å². The molecule has 2 aromatic carbocycles. The van der Waals surface area contributed by atoms with Crippen LogP contribution in [0.3, 0.4) is 0 Å². The molecule has 0 saturated carbocycles. The average molecular weight is 438 g/mol. The van der Waals surface area contributed by atoms with E-state index in [4.69, 9.17) is 0 Å². The monoisotopic (exact) mass is 438 g/mol. The fraction of sp³-hybridized carbons (Fsp3) is 0.0400. The third kappa shape index (κ3) is 3.15. The van der Waals surface area contributed by atoms with Crippen LogP contribution in [0.5, 0.6) is 0 Å². The molecule has 6 nitrogen and oxygen atoms in total. The summed E-state index contributed by atoms with van der Waals surface area (Å²) in [6.45, 7) is 1.92. The maximum atomic E-state index is 14.9. The van der Waals surface area contributed by atoms with Crippen molar-refractivity contribution in [2.75, 3.05) is 0 Å². The largest absolute Gasteiger partial charge is 0.335 e. The number of aromatic nitrogens is 6. The third-order valence-electron chi connectivity index (χ3n) is 5.75. The first-order valence-corrected chi connectivity index (χ1v) is 10.3. The van der Waals surface area contributed by atoms with Crippen LogP contribution in [0.1, 0.15) is 5.56 Å². The van der Waals surface area contributed by atoms with E-state index in [0.717, 1.165) is 22.1 Å². The third-order valence-corrected chi connectivity index (χ3v) is 5.75. The quantitative estimate of drug-likeness (QED) is 0.365. The molecule has 0 unspecified atom stereocenters. The Morgan fingerprint density at radius 3 is 2.55 bits per heavy atom. The summed E-state index contributed by atoms with van der Waals surface area (Å²) in [6.07, 6.45) is 4.99. The van der Waals surface area contributed by atoms with Crippen LogP contribution in [0.2, 0.25) is 0 Å². The number of aryl methyl sites for hydroxylation is 1. The average Bonchev–Trinajstić information content (AvgIpc) is 3.43. The van der Waals surface area contributed by atoms with Gasteiger partial charge < -0.3 is 4.98 Å². The summed E-state index contributed by atoms with van der Waals surface area (Å²) in [5, 5.41) is 8.00. The second kappa shape index (κ2) is 7.30. The van der Waals surface area contributed by atoms with Gasteiger partial charge >= 0.3 is 0 Å². The van der Waals surface area contributed by atoms with Crippen molar-refractivity contribution in [1.82, 2.24) is 30.1 Å². The van der Waals surface area contributed by atoms with E-state index in [1.165, 1.54) is 18.2 Å². The van der Waals surface area contributed by atoms with Gasteiger partial charge in [0.1, 0.15) is 17.3 Å². The summed E-state index contributed by atoms with van der Waals surface area (Å²) in [7, 11) is 0. The number of rotatable bonds is 3.